The number of esters is 1. The average molecular weight is 205 g/mol. The van der Waals surface area contributed by atoms with E-state index in [9.17, 15) is 4.79 Å². The Morgan fingerprint density at radius 3 is 2.87 bits per heavy atom. The Morgan fingerprint density at radius 2 is 2.20 bits per heavy atom. The van der Waals surface area contributed by atoms with Crippen molar-refractivity contribution < 1.29 is 9.53 Å². The molecule has 0 aromatic heterocycles. The average Bonchev–Trinajstić information content (AvgIpc) is 3.06. The minimum absolute atomic E-state index is 0.0127. The number of hydrogen-bond donors (Lipinski definition) is 0. The molecule has 1 aromatic rings. The van der Waals surface area contributed by atoms with Gasteiger partial charge in [-0.25, -0.2) is 0 Å². The molecule has 0 saturated carbocycles. The Hall–Kier alpha value is -1.35. The summed E-state index contributed by atoms with van der Waals surface area (Å²) in [6, 6.07) is 10.3. The van der Waals surface area contributed by atoms with Crippen LogP contribution in [-0.2, 0) is 16.0 Å². The summed E-state index contributed by atoms with van der Waals surface area (Å²) in [4.78, 5) is 13.3. The van der Waals surface area contributed by atoms with Gasteiger partial charge < -0.3 is 4.74 Å². The van der Waals surface area contributed by atoms with Gasteiger partial charge in [-0.1, -0.05) is 30.3 Å². The van der Waals surface area contributed by atoms with Crippen LogP contribution < -0.4 is 0 Å². The molecule has 1 aromatic carbocycles. The molecule has 0 N–H and O–H groups in total. The van der Waals surface area contributed by atoms with Gasteiger partial charge >= 0.3 is 5.97 Å². The highest BCUT2D eigenvalue weighted by atomic mass is 16.5. The van der Waals surface area contributed by atoms with Gasteiger partial charge in [0.2, 0.25) is 0 Å². The summed E-state index contributed by atoms with van der Waals surface area (Å²) in [6.45, 7) is 1.78. The van der Waals surface area contributed by atoms with Crippen LogP contribution in [0.1, 0.15) is 5.56 Å². The molecule has 3 nitrogen and oxygen atoms in total. The third kappa shape index (κ3) is 2.57. The van der Waals surface area contributed by atoms with Crippen LogP contribution in [0.25, 0.3) is 0 Å². The number of methoxy groups -OCH3 is 1. The highest BCUT2D eigenvalue weighted by Gasteiger charge is 2.40. The quantitative estimate of drug-likeness (QED) is 0.544. The maximum absolute atomic E-state index is 11.1. The van der Waals surface area contributed by atoms with E-state index in [-0.39, 0.29) is 12.0 Å². The molecule has 15 heavy (non-hydrogen) atoms. The number of rotatable bonds is 4. The first-order valence-corrected chi connectivity index (χ1v) is 5.17. The second-order valence-electron chi connectivity index (χ2n) is 3.77. The zero-order valence-electron chi connectivity index (χ0n) is 8.85. The van der Waals surface area contributed by atoms with Gasteiger partial charge in [-0.3, -0.25) is 9.69 Å². The van der Waals surface area contributed by atoms with Gasteiger partial charge in [0.25, 0.3) is 0 Å². The molecule has 0 bridgehead atoms. The number of carbonyl (C=O) groups is 1. The minimum atomic E-state index is -0.108. The Kier molecular flexibility index (Phi) is 3.02. The van der Waals surface area contributed by atoms with Crippen molar-refractivity contribution in [2.75, 3.05) is 20.2 Å². The second kappa shape index (κ2) is 4.45. The van der Waals surface area contributed by atoms with E-state index in [4.69, 9.17) is 0 Å². The van der Waals surface area contributed by atoms with Crippen LogP contribution in [0, 0.1) is 0 Å². The lowest BCUT2D eigenvalue weighted by atomic mass is 10.1. The zero-order valence-corrected chi connectivity index (χ0v) is 8.85. The predicted molar refractivity (Wildman–Crippen MR) is 57.5 cm³/mol. The Morgan fingerprint density at radius 1 is 1.47 bits per heavy atom. The lowest BCUT2D eigenvalue weighted by Crippen LogP contribution is -2.16. The van der Waals surface area contributed by atoms with E-state index < -0.39 is 0 Å². The summed E-state index contributed by atoms with van der Waals surface area (Å²) in [7, 11) is 1.44. The summed E-state index contributed by atoms with van der Waals surface area (Å²) >= 11 is 0. The van der Waals surface area contributed by atoms with E-state index in [0.29, 0.717) is 0 Å². The molecule has 3 heteroatoms. The zero-order chi connectivity index (χ0) is 10.7. The molecule has 0 aliphatic carbocycles. The van der Waals surface area contributed by atoms with Gasteiger partial charge in [0.05, 0.1) is 7.11 Å². The lowest BCUT2D eigenvalue weighted by Gasteiger charge is -2.02. The molecule has 0 spiro atoms. The fourth-order valence-electron chi connectivity index (χ4n) is 1.70. The van der Waals surface area contributed by atoms with E-state index in [2.05, 4.69) is 21.8 Å². The van der Waals surface area contributed by atoms with Gasteiger partial charge in [0, 0.05) is 13.1 Å². The number of hydrogen-bond acceptors (Lipinski definition) is 3. The van der Waals surface area contributed by atoms with E-state index in [1.807, 2.05) is 18.2 Å². The van der Waals surface area contributed by atoms with Crippen molar-refractivity contribution in [3.8, 4) is 0 Å². The van der Waals surface area contributed by atoms with Crippen LogP contribution in [0.4, 0.5) is 0 Å². The minimum Gasteiger partial charge on any atom is -0.468 e. The summed E-state index contributed by atoms with van der Waals surface area (Å²) in [5.41, 5.74) is 1.31. The van der Waals surface area contributed by atoms with Crippen molar-refractivity contribution in [1.82, 2.24) is 4.90 Å². The summed E-state index contributed by atoms with van der Waals surface area (Å²) in [5.74, 6) is -0.108. The molecular formula is C12H15NO2. The normalized spacial score (nSPS) is 23.5. The molecule has 0 amide bonds. The van der Waals surface area contributed by atoms with Gasteiger partial charge in [0.15, 0.2) is 0 Å². The third-order valence-corrected chi connectivity index (χ3v) is 2.72. The van der Waals surface area contributed by atoms with E-state index in [1.54, 1.807) is 0 Å². The molecule has 1 saturated heterocycles. The maximum Gasteiger partial charge on any atom is 0.324 e. The smallest absolute Gasteiger partial charge is 0.324 e. The first-order valence-electron chi connectivity index (χ1n) is 5.17. The van der Waals surface area contributed by atoms with Crippen LogP contribution in [0.15, 0.2) is 30.3 Å². The summed E-state index contributed by atoms with van der Waals surface area (Å²) in [6.07, 6.45) is 0.994. The standard InChI is InChI=1S/C12H15NO2/c1-15-12(14)11-9-13(11)8-7-10-5-3-2-4-6-10/h2-6,11H,7-9H2,1H3/t11-,13?/m1/s1. The largest absolute Gasteiger partial charge is 0.468 e. The van der Waals surface area contributed by atoms with Crippen molar-refractivity contribution in [3.05, 3.63) is 35.9 Å². The monoisotopic (exact) mass is 205 g/mol. The molecule has 1 aliphatic heterocycles. The first kappa shape index (κ1) is 10.2. The fraction of sp³-hybridized carbons (Fsp3) is 0.417. The summed E-state index contributed by atoms with van der Waals surface area (Å²) < 4.78 is 4.68. The topological polar surface area (TPSA) is 29.3 Å². The summed E-state index contributed by atoms with van der Waals surface area (Å²) in [5, 5.41) is 0. The SMILES string of the molecule is COC(=O)[C@H]1CN1CCc1ccccc1. The van der Waals surface area contributed by atoms with Crippen LogP contribution in [0.2, 0.25) is 0 Å². The first-order chi connectivity index (χ1) is 7.31. The predicted octanol–water partition coefficient (Wildman–Crippen LogP) is 1.09. The van der Waals surface area contributed by atoms with Crippen molar-refractivity contribution in [2.24, 2.45) is 0 Å². The van der Waals surface area contributed by atoms with Crippen LogP contribution in [-0.4, -0.2) is 37.1 Å². The number of benzene rings is 1. The highest BCUT2D eigenvalue weighted by molar-refractivity contribution is 5.78. The molecule has 0 radical (unpaired) electrons. The van der Waals surface area contributed by atoms with Crippen LogP contribution >= 0.6 is 0 Å². The molecule has 2 rings (SSSR count). The highest BCUT2D eigenvalue weighted by Crippen LogP contribution is 2.18. The molecule has 2 atom stereocenters. The van der Waals surface area contributed by atoms with Gasteiger partial charge in [-0.2, -0.15) is 0 Å². The third-order valence-electron chi connectivity index (χ3n) is 2.72. The van der Waals surface area contributed by atoms with Crippen molar-refractivity contribution >= 4 is 5.97 Å². The van der Waals surface area contributed by atoms with Crippen molar-refractivity contribution in [1.29, 1.82) is 0 Å². The van der Waals surface area contributed by atoms with E-state index in [1.165, 1.54) is 12.7 Å². The van der Waals surface area contributed by atoms with Crippen molar-refractivity contribution in [2.45, 2.75) is 12.5 Å². The number of carbonyl (C=O) groups excluding carboxylic acids is 1. The molecule has 1 fully saturated rings. The van der Waals surface area contributed by atoms with Crippen LogP contribution in [0.5, 0.6) is 0 Å². The van der Waals surface area contributed by atoms with Crippen molar-refractivity contribution in [3.63, 3.8) is 0 Å². The number of nitrogens with zero attached hydrogens (tertiary/aromatic N) is 1. The molecule has 80 valence electrons. The fourth-order valence-corrected chi connectivity index (χ4v) is 1.70. The maximum atomic E-state index is 11.1. The molecule has 1 unspecified atom stereocenters. The molecule has 1 heterocycles. The van der Waals surface area contributed by atoms with Gasteiger partial charge in [0.1, 0.15) is 6.04 Å². The van der Waals surface area contributed by atoms with E-state index in [0.717, 1.165) is 19.5 Å². The Labute approximate surface area is 89.7 Å². The second-order valence-corrected chi connectivity index (χ2v) is 3.77. The van der Waals surface area contributed by atoms with E-state index >= 15 is 0 Å². The molecule has 1 aliphatic rings. The molecular weight excluding hydrogens is 190 g/mol. The van der Waals surface area contributed by atoms with Gasteiger partial charge in [-0.05, 0) is 12.0 Å². The Balaban J connectivity index is 1.75. The number of ether oxygens (including phenoxy) is 1. The van der Waals surface area contributed by atoms with Crippen LogP contribution in [0.3, 0.4) is 0 Å². The lowest BCUT2D eigenvalue weighted by molar-refractivity contribution is -0.140. The van der Waals surface area contributed by atoms with Gasteiger partial charge in [-0.15, -0.1) is 0 Å². The Bertz CT molecular complexity index is 337.